The summed E-state index contributed by atoms with van der Waals surface area (Å²) in [4.78, 5) is 21.4. The van der Waals surface area contributed by atoms with Gasteiger partial charge in [-0.15, -0.1) is 0 Å². The zero-order valence-corrected chi connectivity index (χ0v) is 13.7. The van der Waals surface area contributed by atoms with Gasteiger partial charge in [0.05, 0.1) is 12.7 Å². The first kappa shape index (κ1) is 16.8. The number of imidazole rings is 1. The molecule has 0 saturated carbocycles. The maximum atomic E-state index is 11.5. The number of urea groups is 1. The van der Waals surface area contributed by atoms with Crippen molar-refractivity contribution in [3.8, 4) is 0 Å². The summed E-state index contributed by atoms with van der Waals surface area (Å²) in [5.41, 5.74) is 1.13. The molecule has 124 valence electrons. The summed E-state index contributed by atoms with van der Waals surface area (Å²) in [5.74, 6) is 0.945. The van der Waals surface area contributed by atoms with Crippen LogP contribution in [0, 0.1) is 6.92 Å². The number of rotatable bonds is 6. The highest BCUT2D eigenvalue weighted by Crippen LogP contribution is 2.11. The van der Waals surface area contributed by atoms with Gasteiger partial charge >= 0.3 is 6.03 Å². The Kier molecular flexibility index (Phi) is 6.21. The lowest BCUT2D eigenvalue weighted by atomic mass is 10.2. The van der Waals surface area contributed by atoms with Crippen LogP contribution in [0.4, 0.5) is 4.79 Å². The third kappa shape index (κ3) is 5.65. The molecular formula is C15H27N5O2. The van der Waals surface area contributed by atoms with Gasteiger partial charge in [0.25, 0.3) is 0 Å². The summed E-state index contributed by atoms with van der Waals surface area (Å²) in [6.45, 7) is 9.87. The molecule has 0 bridgehead atoms. The van der Waals surface area contributed by atoms with Crippen molar-refractivity contribution in [3.63, 3.8) is 0 Å². The Hall–Kier alpha value is -1.60. The van der Waals surface area contributed by atoms with Gasteiger partial charge in [-0.25, -0.2) is 9.78 Å². The fraction of sp³-hybridized carbons (Fsp3) is 0.733. The van der Waals surface area contributed by atoms with Gasteiger partial charge < -0.3 is 20.4 Å². The van der Waals surface area contributed by atoms with Crippen LogP contribution in [-0.2, 0) is 11.3 Å². The zero-order valence-electron chi connectivity index (χ0n) is 13.7. The monoisotopic (exact) mass is 309 g/mol. The Morgan fingerprint density at radius 2 is 2.41 bits per heavy atom. The summed E-state index contributed by atoms with van der Waals surface area (Å²) in [6, 6.07) is 0.0369. The molecule has 1 aliphatic heterocycles. The first-order chi connectivity index (χ1) is 10.5. The molecule has 22 heavy (non-hydrogen) atoms. The highest BCUT2D eigenvalue weighted by Gasteiger charge is 2.20. The quantitative estimate of drug-likeness (QED) is 0.732. The highest BCUT2D eigenvalue weighted by molar-refractivity contribution is 5.73. The zero-order chi connectivity index (χ0) is 15.9. The van der Waals surface area contributed by atoms with Crippen LogP contribution < -0.4 is 10.6 Å². The van der Waals surface area contributed by atoms with E-state index in [9.17, 15) is 4.79 Å². The van der Waals surface area contributed by atoms with Gasteiger partial charge in [-0.05, 0) is 27.2 Å². The molecule has 7 heteroatoms. The van der Waals surface area contributed by atoms with Crippen LogP contribution in [0.15, 0.2) is 6.20 Å². The second-order valence-corrected chi connectivity index (χ2v) is 6.07. The minimum absolute atomic E-state index is 0.115. The predicted octanol–water partition coefficient (Wildman–Crippen LogP) is 1.02. The van der Waals surface area contributed by atoms with Crippen molar-refractivity contribution in [1.29, 1.82) is 0 Å². The van der Waals surface area contributed by atoms with E-state index in [1.807, 2.05) is 27.0 Å². The van der Waals surface area contributed by atoms with E-state index in [-0.39, 0.29) is 18.2 Å². The molecule has 2 amide bonds. The lowest BCUT2D eigenvalue weighted by molar-refractivity contribution is -0.0344. The summed E-state index contributed by atoms with van der Waals surface area (Å²) in [6.07, 6.45) is 2.87. The van der Waals surface area contributed by atoms with E-state index in [1.165, 1.54) is 0 Å². The highest BCUT2D eigenvalue weighted by atomic mass is 16.5. The fourth-order valence-corrected chi connectivity index (χ4v) is 2.55. The third-order valence-electron chi connectivity index (χ3n) is 3.54. The first-order valence-electron chi connectivity index (χ1n) is 7.91. The largest absolute Gasteiger partial charge is 0.375 e. The number of aromatic nitrogens is 2. The van der Waals surface area contributed by atoms with E-state index in [0.29, 0.717) is 6.54 Å². The van der Waals surface area contributed by atoms with Gasteiger partial charge in [-0.2, -0.15) is 0 Å². The van der Waals surface area contributed by atoms with Gasteiger partial charge in [-0.3, -0.25) is 4.90 Å². The Bertz CT molecular complexity index is 474. The van der Waals surface area contributed by atoms with E-state index in [0.717, 1.165) is 44.2 Å². The first-order valence-corrected chi connectivity index (χ1v) is 7.91. The topological polar surface area (TPSA) is 82.3 Å². The molecule has 1 aromatic heterocycles. The lowest BCUT2D eigenvalue weighted by Crippen LogP contribution is -2.45. The minimum Gasteiger partial charge on any atom is -0.375 e. The molecule has 0 radical (unpaired) electrons. The second-order valence-electron chi connectivity index (χ2n) is 6.07. The normalized spacial score (nSPS) is 19.4. The molecule has 0 spiro atoms. The number of aryl methyl sites for hydroxylation is 1. The van der Waals surface area contributed by atoms with Gasteiger partial charge in [0, 0.05) is 44.1 Å². The summed E-state index contributed by atoms with van der Waals surface area (Å²) >= 11 is 0. The number of aromatic amines is 1. The molecule has 7 nitrogen and oxygen atoms in total. The number of amides is 2. The van der Waals surface area contributed by atoms with Crippen molar-refractivity contribution in [2.45, 2.75) is 45.9 Å². The number of hydrogen-bond acceptors (Lipinski definition) is 4. The molecule has 1 aromatic rings. The minimum atomic E-state index is -0.115. The van der Waals surface area contributed by atoms with Crippen molar-refractivity contribution in [2.24, 2.45) is 0 Å². The summed E-state index contributed by atoms with van der Waals surface area (Å²) in [5, 5.41) is 5.68. The van der Waals surface area contributed by atoms with Gasteiger partial charge in [0.1, 0.15) is 5.82 Å². The van der Waals surface area contributed by atoms with E-state index >= 15 is 0 Å². The van der Waals surface area contributed by atoms with Crippen molar-refractivity contribution < 1.29 is 9.53 Å². The Labute approximate surface area is 131 Å². The SMILES string of the molecule is Cc1ncc(CN2CCOC(CCNC(=O)NC(C)C)C2)[nH]1. The Morgan fingerprint density at radius 1 is 1.59 bits per heavy atom. The number of nitrogens with one attached hydrogen (secondary N) is 3. The summed E-state index contributed by atoms with van der Waals surface area (Å²) < 4.78 is 5.77. The molecular weight excluding hydrogens is 282 g/mol. The Balaban J connectivity index is 1.68. The van der Waals surface area contributed by atoms with Gasteiger partial charge in [-0.1, -0.05) is 0 Å². The van der Waals surface area contributed by atoms with Gasteiger partial charge in [0.15, 0.2) is 0 Å². The average molecular weight is 309 g/mol. The molecule has 1 unspecified atom stereocenters. The van der Waals surface area contributed by atoms with Crippen LogP contribution in [0.3, 0.4) is 0 Å². The van der Waals surface area contributed by atoms with E-state index in [2.05, 4.69) is 25.5 Å². The van der Waals surface area contributed by atoms with Crippen molar-refractivity contribution in [3.05, 3.63) is 17.7 Å². The van der Waals surface area contributed by atoms with E-state index < -0.39 is 0 Å². The van der Waals surface area contributed by atoms with Crippen LogP contribution in [0.2, 0.25) is 0 Å². The molecule has 2 heterocycles. The number of ether oxygens (including phenoxy) is 1. The van der Waals surface area contributed by atoms with Crippen LogP contribution in [0.5, 0.6) is 0 Å². The number of hydrogen-bond donors (Lipinski definition) is 3. The second kappa shape index (κ2) is 8.14. The average Bonchev–Trinajstić information content (AvgIpc) is 2.83. The predicted molar refractivity (Wildman–Crippen MR) is 84.6 cm³/mol. The Morgan fingerprint density at radius 3 is 3.09 bits per heavy atom. The smallest absolute Gasteiger partial charge is 0.314 e. The molecule has 1 fully saturated rings. The fourth-order valence-electron chi connectivity index (χ4n) is 2.55. The molecule has 3 N–H and O–H groups in total. The van der Waals surface area contributed by atoms with Crippen LogP contribution >= 0.6 is 0 Å². The summed E-state index contributed by atoms with van der Waals surface area (Å²) in [7, 11) is 0. The van der Waals surface area contributed by atoms with Crippen LogP contribution in [0.1, 0.15) is 31.8 Å². The van der Waals surface area contributed by atoms with Crippen molar-refractivity contribution in [2.75, 3.05) is 26.2 Å². The molecule has 1 saturated heterocycles. The maximum Gasteiger partial charge on any atom is 0.314 e. The van der Waals surface area contributed by atoms with Crippen molar-refractivity contribution >= 4 is 6.03 Å². The molecule has 2 rings (SSSR count). The standard InChI is InChI=1S/C15H27N5O2/c1-11(2)18-15(21)16-5-4-14-10-20(6-7-22-14)9-13-8-17-12(3)19-13/h8,11,14H,4-7,9-10H2,1-3H3,(H,17,19)(H2,16,18,21). The molecule has 1 aliphatic rings. The van der Waals surface area contributed by atoms with E-state index in [4.69, 9.17) is 4.74 Å². The van der Waals surface area contributed by atoms with E-state index in [1.54, 1.807) is 0 Å². The number of carbonyl (C=O) groups excluding carboxylic acids is 1. The van der Waals surface area contributed by atoms with Crippen LogP contribution in [0.25, 0.3) is 0 Å². The number of nitrogens with zero attached hydrogens (tertiary/aromatic N) is 2. The van der Waals surface area contributed by atoms with Crippen molar-refractivity contribution in [1.82, 2.24) is 25.5 Å². The molecule has 0 aliphatic carbocycles. The number of morpholine rings is 1. The number of carbonyl (C=O) groups is 1. The number of H-pyrrole nitrogens is 1. The maximum absolute atomic E-state index is 11.5. The lowest BCUT2D eigenvalue weighted by Gasteiger charge is -2.32. The van der Waals surface area contributed by atoms with Gasteiger partial charge in [0.2, 0.25) is 0 Å². The molecule has 0 aromatic carbocycles. The van der Waals surface area contributed by atoms with Crippen LogP contribution in [-0.4, -0.2) is 59.3 Å². The third-order valence-corrected chi connectivity index (χ3v) is 3.54. The molecule has 1 atom stereocenters.